The summed E-state index contributed by atoms with van der Waals surface area (Å²) in [6.07, 6.45) is 7.29. The number of pyridine rings is 1. The zero-order valence-corrected chi connectivity index (χ0v) is 8.72. The fourth-order valence-corrected chi connectivity index (χ4v) is 1.52. The van der Waals surface area contributed by atoms with E-state index in [4.69, 9.17) is 5.73 Å². The number of aryl methyl sites for hydroxylation is 1. The van der Waals surface area contributed by atoms with E-state index in [9.17, 15) is 0 Å². The summed E-state index contributed by atoms with van der Waals surface area (Å²) in [7, 11) is 0. The molecular formula is C11H14N4. The number of imidazole rings is 1. The summed E-state index contributed by atoms with van der Waals surface area (Å²) < 4.78 is 2.06. The zero-order valence-electron chi connectivity index (χ0n) is 8.72. The van der Waals surface area contributed by atoms with Crippen LogP contribution in [-0.2, 0) is 13.1 Å². The van der Waals surface area contributed by atoms with Crippen molar-refractivity contribution in [1.82, 2.24) is 14.5 Å². The van der Waals surface area contributed by atoms with E-state index in [0.29, 0.717) is 6.54 Å². The third-order valence-electron chi connectivity index (χ3n) is 2.48. The molecule has 0 aliphatic rings. The summed E-state index contributed by atoms with van der Waals surface area (Å²) in [6, 6.07) is 2.02. The Kier molecular flexibility index (Phi) is 2.78. The van der Waals surface area contributed by atoms with Gasteiger partial charge < -0.3 is 10.3 Å². The smallest absolute Gasteiger partial charge is 0.0951 e. The summed E-state index contributed by atoms with van der Waals surface area (Å²) in [5.74, 6) is 0. The van der Waals surface area contributed by atoms with E-state index in [0.717, 1.165) is 12.2 Å². The average Bonchev–Trinajstić information content (AvgIpc) is 2.69. The highest BCUT2D eigenvalue weighted by atomic mass is 15.0. The fourth-order valence-electron chi connectivity index (χ4n) is 1.52. The van der Waals surface area contributed by atoms with Crippen LogP contribution in [0.3, 0.4) is 0 Å². The summed E-state index contributed by atoms with van der Waals surface area (Å²) in [5, 5.41) is 0. The molecular weight excluding hydrogens is 188 g/mol. The molecule has 4 nitrogen and oxygen atoms in total. The topological polar surface area (TPSA) is 56.7 Å². The molecule has 0 fully saturated rings. The number of aromatic nitrogens is 3. The van der Waals surface area contributed by atoms with Gasteiger partial charge >= 0.3 is 0 Å². The van der Waals surface area contributed by atoms with Crippen LogP contribution in [0.2, 0.25) is 0 Å². The molecule has 0 aliphatic carbocycles. The van der Waals surface area contributed by atoms with Gasteiger partial charge in [0, 0.05) is 31.7 Å². The molecule has 2 rings (SSSR count). The molecule has 2 heterocycles. The molecule has 0 saturated heterocycles. The molecule has 0 bridgehead atoms. The number of rotatable bonds is 3. The SMILES string of the molecule is Cc1cnccc1Cn1cncc1CN. The number of hydrogen-bond acceptors (Lipinski definition) is 3. The van der Waals surface area contributed by atoms with Crippen molar-refractivity contribution in [3.05, 3.63) is 47.8 Å². The normalized spacial score (nSPS) is 10.5. The minimum absolute atomic E-state index is 0.518. The molecule has 2 aromatic heterocycles. The lowest BCUT2D eigenvalue weighted by Gasteiger charge is -2.08. The van der Waals surface area contributed by atoms with E-state index in [2.05, 4.69) is 21.5 Å². The standard InChI is InChI=1S/C11H14N4/c1-9-5-13-3-2-10(9)7-15-8-14-6-11(15)4-12/h2-3,5-6,8H,4,7,12H2,1H3. The maximum Gasteiger partial charge on any atom is 0.0951 e. The average molecular weight is 202 g/mol. The van der Waals surface area contributed by atoms with Crippen molar-refractivity contribution in [2.75, 3.05) is 0 Å². The molecule has 0 radical (unpaired) electrons. The highest BCUT2D eigenvalue weighted by molar-refractivity contribution is 5.22. The summed E-state index contributed by atoms with van der Waals surface area (Å²) in [6.45, 7) is 3.38. The molecule has 0 atom stereocenters. The van der Waals surface area contributed by atoms with Gasteiger partial charge in [0.25, 0.3) is 0 Å². The highest BCUT2D eigenvalue weighted by Crippen LogP contribution is 2.09. The van der Waals surface area contributed by atoms with E-state index in [1.165, 1.54) is 11.1 Å². The van der Waals surface area contributed by atoms with Gasteiger partial charge in [0.15, 0.2) is 0 Å². The molecule has 78 valence electrons. The monoisotopic (exact) mass is 202 g/mol. The van der Waals surface area contributed by atoms with Gasteiger partial charge in [0.05, 0.1) is 12.0 Å². The van der Waals surface area contributed by atoms with Crippen molar-refractivity contribution in [2.45, 2.75) is 20.0 Å². The molecule has 2 N–H and O–H groups in total. The first-order valence-electron chi connectivity index (χ1n) is 4.90. The first kappa shape index (κ1) is 9.86. The van der Waals surface area contributed by atoms with Gasteiger partial charge in [-0.05, 0) is 24.1 Å². The Morgan fingerprint density at radius 3 is 2.93 bits per heavy atom. The van der Waals surface area contributed by atoms with Crippen molar-refractivity contribution < 1.29 is 0 Å². The second-order valence-electron chi connectivity index (χ2n) is 3.52. The third kappa shape index (κ3) is 2.05. The Balaban J connectivity index is 2.26. The van der Waals surface area contributed by atoms with E-state index in [1.54, 1.807) is 12.4 Å². The minimum atomic E-state index is 0.518. The lowest BCUT2D eigenvalue weighted by Crippen LogP contribution is -2.08. The zero-order chi connectivity index (χ0) is 10.7. The maximum absolute atomic E-state index is 5.61. The minimum Gasteiger partial charge on any atom is -0.329 e. The Morgan fingerprint density at radius 1 is 1.33 bits per heavy atom. The summed E-state index contributed by atoms with van der Waals surface area (Å²) in [4.78, 5) is 8.15. The van der Waals surface area contributed by atoms with Crippen LogP contribution >= 0.6 is 0 Å². The molecule has 4 heteroatoms. The lowest BCUT2D eigenvalue weighted by molar-refractivity contribution is 0.735. The van der Waals surface area contributed by atoms with Crippen LogP contribution in [0.4, 0.5) is 0 Å². The highest BCUT2D eigenvalue weighted by Gasteiger charge is 2.02. The second-order valence-corrected chi connectivity index (χ2v) is 3.52. The lowest BCUT2D eigenvalue weighted by atomic mass is 10.1. The van der Waals surface area contributed by atoms with Crippen LogP contribution < -0.4 is 5.73 Å². The van der Waals surface area contributed by atoms with Crippen molar-refractivity contribution >= 4 is 0 Å². The molecule has 0 amide bonds. The fraction of sp³-hybridized carbons (Fsp3) is 0.273. The van der Waals surface area contributed by atoms with E-state index in [1.807, 2.05) is 18.6 Å². The van der Waals surface area contributed by atoms with Crippen molar-refractivity contribution in [3.63, 3.8) is 0 Å². The van der Waals surface area contributed by atoms with Gasteiger partial charge in [0.1, 0.15) is 0 Å². The molecule has 0 aromatic carbocycles. The Morgan fingerprint density at radius 2 is 2.20 bits per heavy atom. The predicted molar refractivity (Wildman–Crippen MR) is 58.2 cm³/mol. The molecule has 15 heavy (non-hydrogen) atoms. The Hall–Kier alpha value is -1.68. The number of nitrogens with two attached hydrogens (primary N) is 1. The quantitative estimate of drug-likeness (QED) is 0.810. The van der Waals surface area contributed by atoms with Gasteiger partial charge in [-0.15, -0.1) is 0 Å². The largest absolute Gasteiger partial charge is 0.329 e. The molecule has 2 aromatic rings. The van der Waals surface area contributed by atoms with E-state index >= 15 is 0 Å². The van der Waals surface area contributed by atoms with Crippen molar-refractivity contribution in [3.8, 4) is 0 Å². The number of hydrogen-bond donors (Lipinski definition) is 1. The summed E-state index contributed by atoms with van der Waals surface area (Å²) in [5.41, 5.74) is 9.10. The maximum atomic E-state index is 5.61. The predicted octanol–water partition coefficient (Wildman–Crippen LogP) is 1.09. The summed E-state index contributed by atoms with van der Waals surface area (Å²) >= 11 is 0. The Bertz CT molecular complexity index is 447. The molecule has 0 aliphatic heterocycles. The van der Waals surface area contributed by atoms with E-state index in [-0.39, 0.29) is 0 Å². The molecule has 0 unspecified atom stereocenters. The van der Waals surface area contributed by atoms with E-state index < -0.39 is 0 Å². The van der Waals surface area contributed by atoms with Crippen LogP contribution in [0.1, 0.15) is 16.8 Å². The molecule has 0 spiro atoms. The van der Waals surface area contributed by atoms with Crippen LogP contribution in [0, 0.1) is 6.92 Å². The molecule has 0 saturated carbocycles. The van der Waals surface area contributed by atoms with Crippen LogP contribution in [-0.4, -0.2) is 14.5 Å². The van der Waals surface area contributed by atoms with Gasteiger partial charge in [0.2, 0.25) is 0 Å². The van der Waals surface area contributed by atoms with Crippen LogP contribution in [0.25, 0.3) is 0 Å². The van der Waals surface area contributed by atoms with Gasteiger partial charge in [-0.3, -0.25) is 4.98 Å². The van der Waals surface area contributed by atoms with Gasteiger partial charge in [-0.25, -0.2) is 4.98 Å². The van der Waals surface area contributed by atoms with Gasteiger partial charge in [-0.2, -0.15) is 0 Å². The van der Waals surface area contributed by atoms with Crippen LogP contribution in [0.5, 0.6) is 0 Å². The number of nitrogens with zero attached hydrogens (tertiary/aromatic N) is 3. The van der Waals surface area contributed by atoms with Crippen molar-refractivity contribution in [1.29, 1.82) is 0 Å². The van der Waals surface area contributed by atoms with Gasteiger partial charge in [-0.1, -0.05) is 0 Å². The Labute approximate surface area is 88.8 Å². The first-order valence-corrected chi connectivity index (χ1v) is 4.90. The third-order valence-corrected chi connectivity index (χ3v) is 2.48. The first-order chi connectivity index (χ1) is 7.31. The van der Waals surface area contributed by atoms with Crippen molar-refractivity contribution in [2.24, 2.45) is 5.73 Å². The second kappa shape index (κ2) is 4.23. The van der Waals surface area contributed by atoms with Crippen LogP contribution in [0.15, 0.2) is 31.0 Å².